The van der Waals surface area contributed by atoms with E-state index in [0.717, 1.165) is 41.7 Å². The van der Waals surface area contributed by atoms with Gasteiger partial charge in [-0.2, -0.15) is 0 Å². The van der Waals surface area contributed by atoms with Gasteiger partial charge in [0.2, 0.25) is 0 Å². The largest absolute Gasteiger partial charge is 0.491 e. The van der Waals surface area contributed by atoms with E-state index in [0.29, 0.717) is 5.92 Å². The molecule has 1 aromatic rings. The molecule has 0 aliphatic heterocycles. The van der Waals surface area contributed by atoms with Crippen molar-refractivity contribution in [3.63, 3.8) is 0 Å². The van der Waals surface area contributed by atoms with Gasteiger partial charge in [0.25, 0.3) is 0 Å². The number of nitrogens with two attached hydrogens (primary N) is 1. The first kappa shape index (κ1) is 15.7. The summed E-state index contributed by atoms with van der Waals surface area (Å²) in [6.45, 7) is 7.26. The van der Waals surface area contributed by atoms with Crippen LogP contribution in [-0.2, 0) is 6.42 Å². The third kappa shape index (κ3) is 4.13. The van der Waals surface area contributed by atoms with Crippen molar-refractivity contribution in [3.8, 4) is 5.75 Å². The third-order valence-corrected chi connectivity index (χ3v) is 4.26. The molecule has 112 valence electrons. The summed E-state index contributed by atoms with van der Waals surface area (Å²) in [5.41, 5.74) is 8.54. The second-order valence-corrected chi connectivity index (χ2v) is 6.68. The lowest BCUT2D eigenvalue weighted by Crippen LogP contribution is -2.22. The van der Waals surface area contributed by atoms with Crippen LogP contribution in [0.5, 0.6) is 5.75 Å². The monoisotopic (exact) mass is 295 g/mol. The highest BCUT2D eigenvalue weighted by atomic mass is 35.5. The normalized spacial score (nSPS) is 16.5. The Kier molecular flexibility index (Phi) is 5.34. The maximum Gasteiger partial charge on any atom is 0.141 e. The Hall–Kier alpha value is -0.730. The zero-order chi connectivity index (χ0) is 14.7. The Morgan fingerprint density at radius 1 is 1.35 bits per heavy atom. The van der Waals surface area contributed by atoms with Crippen molar-refractivity contribution < 1.29 is 4.74 Å². The first-order valence-electron chi connectivity index (χ1n) is 7.72. The summed E-state index contributed by atoms with van der Waals surface area (Å²) in [5, 5.41) is 0.732. The van der Waals surface area contributed by atoms with Gasteiger partial charge in [-0.15, -0.1) is 0 Å². The minimum absolute atomic E-state index is 0.164. The van der Waals surface area contributed by atoms with Gasteiger partial charge in [-0.05, 0) is 54.7 Å². The van der Waals surface area contributed by atoms with E-state index >= 15 is 0 Å². The summed E-state index contributed by atoms with van der Waals surface area (Å²) in [6, 6.07) is 4.42. The molecule has 0 radical (unpaired) electrons. The van der Waals surface area contributed by atoms with Gasteiger partial charge >= 0.3 is 0 Å². The van der Waals surface area contributed by atoms with E-state index < -0.39 is 0 Å². The molecule has 20 heavy (non-hydrogen) atoms. The van der Waals surface area contributed by atoms with E-state index in [1.807, 2.05) is 6.07 Å². The van der Waals surface area contributed by atoms with Crippen molar-refractivity contribution in [2.24, 2.45) is 11.7 Å². The third-order valence-electron chi connectivity index (χ3n) is 3.98. The van der Waals surface area contributed by atoms with E-state index in [2.05, 4.69) is 26.8 Å². The van der Waals surface area contributed by atoms with E-state index in [1.54, 1.807) is 0 Å². The van der Waals surface area contributed by atoms with E-state index in [1.165, 1.54) is 18.4 Å². The van der Waals surface area contributed by atoms with Crippen molar-refractivity contribution in [2.75, 3.05) is 6.61 Å². The van der Waals surface area contributed by atoms with Crippen molar-refractivity contribution >= 4 is 11.6 Å². The molecule has 0 spiro atoms. The van der Waals surface area contributed by atoms with Gasteiger partial charge in [-0.3, -0.25) is 0 Å². The highest BCUT2D eigenvalue weighted by Crippen LogP contribution is 2.36. The van der Waals surface area contributed by atoms with Crippen molar-refractivity contribution in [2.45, 2.75) is 58.4 Å². The van der Waals surface area contributed by atoms with Crippen LogP contribution in [0, 0.1) is 5.92 Å². The van der Waals surface area contributed by atoms with Crippen molar-refractivity contribution in [1.29, 1.82) is 0 Å². The van der Waals surface area contributed by atoms with Gasteiger partial charge < -0.3 is 10.5 Å². The standard InChI is InChI=1S/C17H26ClNO/c1-4-15(19)8-14-7-13(11(2)3)9-16(18)17(14)20-10-12-5-6-12/h7,9,11-12,15H,4-6,8,10,19H2,1-3H3. The number of hydrogen-bond donors (Lipinski definition) is 1. The fraction of sp³-hybridized carbons (Fsp3) is 0.647. The fourth-order valence-electron chi connectivity index (χ4n) is 2.23. The van der Waals surface area contributed by atoms with Crippen molar-refractivity contribution in [1.82, 2.24) is 0 Å². The summed E-state index contributed by atoms with van der Waals surface area (Å²) < 4.78 is 5.98. The average molecular weight is 296 g/mol. The molecule has 0 amide bonds. The van der Waals surface area contributed by atoms with Gasteiger partial charge in [0, 0.05) is 6.04 Å². The zero-order valence-corrected chi connectivity index (χ0v) is 13.5. The fourth-order valence-corrected chi connectivity index (χ4v) is 2.53. The van der Waals surface area contributed by atoms with Gasteiger partial charge in [-0.1, -0.05) is 38.4 Å². The van der Waals surface area contributed by atoms with Crippen LogP contribution >= 0.6 is 11.6 Å². The Labute approximate surface area is 127 Å². The Balaban J connectivity index is 2.24. The van der Waals surface area contributed by atoms with Crippen LogP contribution in [-0.4, -0.2) is 12.6 Å². The van der Waals surface area contributed by atoms with Crippen LogP contribution in [0.2, 0.25) is 5.02 Å². The van der Waals surface area contributed by atoms with Crippen LogP contribution < -0.4 is 10.5 Å². The molecule has 1 atom stereocenters. The number of rotatable bonds is 7. The predicted octanol–water partition coefficient (Wildman–Crippen LogP) is 4.53. The first-order valence-corrected chi connectivity index (χ1v) is 8.09. The molecule has 0 bridgehead atoms. The van der Waals surface area contributed by atoms with Crippen LogP contribution in [0.25, 0.3) is 0 Å². The molecule has 0 aromatic heterocycles. The van der Waals surface area contributed by atoms with Gasteiger partial charge in [0.1, 0.15) is 5.75 Å². The molecule has 1 saturated carbocycles. The molecule has 1 aliphatic carbocycles. The van der Waals surface area contributed by atoms with Crippen LogP contribution in [0.4, 0.5) is 0 Å². The summed E-state index contributed by atoms with van der Waals surface area (Å²) >= 11 is 6.44. The van der Waals surface area contributed by atoms with Crippen LogP contribution in [0.15, 0.2) is 12.1 Å². The molecule has 2 rings (SSSR count). The molecular weight excluding hydrogens is 270 g/mol. The zero-order valence-electron chi connectivity index (χ0n) is 12.8. The maximum absolute atomic E-state index is 6.44. The van der Waals surface area contributed by atoms with Gasteiger partial charge in [0.15, 0.2) is 0 Å². The SMILES string of the molecule is CCC(N)Cc1cc(C(C)C)cc(Cl)c1OCC1CC1. The van der Waals surface area contributed by atoms with E-state index in [-0.39, 0.29) is 6.04 Å². The number of hydrogen-bond acceptors (Lipinski definition) is 2. The molecule has 1 aromatic carbocycles. The highest BCUT2D eigenvalue weighted by Gasteiger charge is 2.23. The van der Waals surface area contributed by atoms with Crippen LogP contribution in [0.1, 0.15) is 57.1 Å². The second kappa shape index (κ2) is 6.82. The van der Waals surface area contributed by atoms with E-state index in [9.17, 15) is 0 Å². The molecule has 2 N–H and O–H groups in total. The minimum atomic E-state index is 0.164. The summed E-state index contributed by atoms with van der Waals surface area (Å²) in [6.07, 6.45) is 4.36. The molecule has 2 nitrogen and oxygen atoms in total. The Morgan fingerprint density at radius 2 is 2.05 bits per heavy atom. The number of ether oxygens (including phenoxy) is 1. The van der Waals surface area contributed by atoms with Crippen molar-refractivity contribution in [3.05, 3.63) is 28.3 Å². The Morgan fingerprint density at radius 3 is 2.60 bits per heavy atom. The lowest BCUT2D eigenvalue weighted by molar-refractivity contribution is 0.296. The summed E-state index contributed by atoms with van der Waals surface area (Å²) in [4.78, 5) is 0. The first-order chi connectivity index (χ1) is 9.51. The quantitative estimate of drug-likeness (QED) is 0.802. The Bertz CT molecular complexity index is 455. The van der Waals surface area contributed by atoms with Gasteiger partial charge in [-0.25, -0.2) is 0 Å². The second-order valence-electron chi connectivity index (χ2n) is 6.27. The molecule has 1 unspecified atom stereocenters. The lowest BCUT2D eigenvalue weighted by atomic mass is 9.96. The van der Waals surface area contributed by atoms with Crippen LogP contribution in [0.3, 0.4) is 0 Å². The van der Waals surface area contributed by atoms with Gasteiger partial charge in [0.05, 0.1) is 11.6 Å². The summed E-state index contributed by atoms with van der Waals surface area (Å²) in [5.74, 6) is 2.04. The molecular formula is C17H26ClNO. The molecule has 1 fully saturated rings. The molecule has 1 aliphatic rings. The maximum atomic E-state index is 6.44. The summed E-state index contributed by atoms with van der Waals surface area (Å²) in [7, 11) is 0. The minimum Gasteiger partial charge on any atom is -0.491 e. The lowest BCUT2D eigenvalue weighted by Gasteiger charge is -2.18. The topological polar surface area (TPSA) is 35.2 Å². The predicted molar refractivity (Wildman–Crippen MR) is 85.7 cm³/mol. The number of halogens is 1. The smallest absolute Gasteiger partial charge is 0.141 e. The molecule has 3 heteroatoms. The van der Waals surface area contributed by atoms with E-state index in [4.69, 9.17) is 22.1 Å². The highest BCUT2D eigenvalue weighted by molar-refractivity contribution is 6.32. The molecule has 0 heterocycles. The average Bonchev–Trinajstić information content (AvgIpc) is 3.21. The molecule has 0 saturated heterocycles. The number of benzene rings is 1.